The molecule has 0 aromatic rings. The average molecular weight is 184 g/mol. The van der Waals surface area contributed by atoms with Crippen molar-refractivity contribution in [1.82, 2.24) is 5.32 Å². The Bertz CT molecular complexity index is 145. The van der Waals surface area contributed by atoms with E-state index in [2.05, 4.69) is 26.1 Å². The maximum absolute atomic E-state index is 6.03. The highest BCUT2D eigenvalue weighted by molar-refractivity contribution is 4.81. The third-order valence-electron chi connectivity index (χ3n) is 2.40. The molecule has 2 nitrogen and oxygen atoms in total. The smallest absolute Gasteiger partial charge is 0.00682 e. The molecule has 1 atom stereocenters. The van der Waals surface area contributed by atoms with Gasteiger partial charge in [-0.2, -0.15) is 0 Å². The molecule has 78 valence electrons. The maximum Gasteiger partial charge on any atom is 0.00682 e. The van der Waals surface area contributed by atoms with Crippen LogP contribution in [-0.2, 0) is 0 Å². The lowest BCUT2D eigenvalue weighted by Crippen LogP contribution is -2.31. The summed E-state index contributed by atoms with van der Waals surface area (Å²) in [6.07, 6.45) is 4.98. The quantitative estimate of drug-likeness (QED) is 0.685. The topological polar surface area (TPSA) is 38.0 Å². The van der Waals surface area contributed by atoms with Crippen molar-refractivity contribution in [3.05, 3.63) is 0 Å². The van der Waals surface area contributed by atoms with E-state index in [1.165, 1.54) is 12.8 Å². The van der Waals surface area contributed by atoms with Gasteiger partial charge in [-0.1, -0.05) is 20.8 Å². The van der Waals surface area contributed by atoms with E-state index >= 15 is 0 Å². The summed E-state index contributed by atoms with van der Waals surface area (Å²) in [7, 11) is 0. The van der Waals surface area contributed by atoms with Crippen LogP contribution in [0, 0.1) is 5.41 Å². The SMILES string of the molecule is CC(C)(C)CC(N)CCNC1CC1. The number of hydrogen-bond donors (Lipinski definition) is 2. The van der Waals surface area contributed by atoms with Crippen molar-refractivity contribution in [2.45, 2.75) is 58.5 Å². The average Bonchev–Trinajstić information content (AvgIpc) is 2.66. The standard InChI is InChI=1S/C11H24N2/c1-11(2,3)8-9(12)6-7-13-10-4-5-10/h9-10,13H,4-8,12H2,1-3H3. The molecular formula is C11H24N2. The molecule has 1 aliphatic rings. The van der Waals surface area contributed by atoms with E-state index < -0.39 is 0 Å². The molecule has 0 bridgehead atoms. The Morgan fingerprint density at radius 1 is 1.38 bits per heavy atom. The summed E-state index contributed by atoms with van der Waals surface area (Å²) < 4.78 is 0. The van der Waals surface area contributed by atoms with E-state index in [0.29, 0.717) is 11.5 Å². The molecule has 0 amide bonds. The van der Waals surface area contributed by atoms with Gasteiger partial charge in [-0.3, -0.25) is 0 Å². The van der Waals surface area contributed by atoms with Crippen LogP contribution in [0.2, 0.25) is 0 Å². The van der Waals surface area contributed by atoms with Gasteiger partial charge in [0.25, 0.3) is 0 Å². The molecule has 1 aliphatic carbocycles. The molecule has 1 saturated carbocycles. The third-order valence-corrected chi connectivity index (χ3v) is 2.40. The molecule has 0 heterocycles. The van der Waals surface area contributed by atoms with E-state index in [0.717, 1.165) is 25.4 Å². The Balaban J connectivity index is 1.99. The van der Waals surface area contributed by atoms with Gasteiger partial charge in [-0.25, -0.2) is 0 Å². The molecule has 2 heteroatoms. The van der Waals surface area contributed by atoms with Crippen molar-refractivity contribution >= 4 is 0 Å². The molecule has 13 heavy (non-hydrogen) atoms. The van der Waals surface area contributed by atoms with Gasteiger partial charge in [0.1, 0.15) is 0 Å². The van der Waals surface area contributed by atoms with Crippen LogP contribution in [-0.4, -0.2) is 18.6 Å². The summed E-state index contributed by atoms with van der Waals surface area (Å²) in [4.78, 5) is 0. The highest BCUT2D eigenvalue weighted by Crippen LogP contribution is 2.21. The summed E-state index contributed by atoms with van der Waals surface area (Å²) in [5.41, 5.74) is 6.40. The molecule has 0 aliphatic heterocycles. The molecule has 0 radical (unpaired) electrons. The molecule has 1 unspecified atom stereocenters. The van der Waals surface area contributed by atoms with Gasteiger partial charge in [-0.15, -0.1) is 0 Å². The first-order valence-electron chi connectivity index (χ1n) is 5.46. The third kappa shape index (κ3) is 6.05. The predicted octanol–water partition coefficient (Wildman–Crippen LogP) is 1.89. The van der Waals surface area contributed by atoms with Gasteiger partial charge >= 0.3 is 0 Å². The van der Waals surface area contributed by atoms with Crippen molar-refractivity contribution in [3.63, 3.8) is 0 Å². The number of rotatable bonds is 5. The van der Waals surface area contributed by atoms with Gasteiger partial charge in [0.2, 0.25) is 0 Å². The molecular weight excluding hydrogens is 160 g/mol. The highest BCUT2D eigenvalue weighted by Gasteiger charge is 2.21. The second-order valence-electron chi connectivity index (χ2n) is 5.54. The molecule has 0 saturated heterocycles. The first-order valence-corrected chi connectivity index (χ1v) is 5.46. The Morgan fingerprint density at radius 3 is 2.46 bits per heavy atom. The summed E-state index contributed by atoms with van der Waals surface area (Å²) in [5, 5.41) is 3.49. The summed E-state index contributed by atoms with van der Waals surface area (Å²) in [6, 6.07) is 1.19. The molecule has 0 aromatic carbocycles. The van der Waals surface area contributed by atoms with E-state index in [-0.39, 0.29) is 0 Å². The molecule has 1 rings (SSSR count). The van der Waals surface area contributed by atoms with Gasteiger partial charge in [0.05, 0.1) is 0 Å². The van der Waals surface area contributed by atoms with Crippen LogP contribution < -0.4 is 11.1 Å². The molecule has 0 aromatic heterocycles. The van der Waals surface area contributed by atoms with Crippen molar-refractivity contribution < 1.29 is 0 Å². The monoisotopic (exact) mass is 184 g/mol. The summed E-state index contributed by atoms with van der Waals surface area (Å²) >= 11 is 0. The van der Waals surface area contributed by atoms with Gasteiger partial charge in [0.15, 0.2) is 0 Å². The van der Waals surface area contributed by atoms with Crippen LogP contribution in [0.15, 0.2) is 0 Å². The van der Waals surface area contributed by atoms with Crippen LogP contribution in [0.5, 0.6) is 0 Å². The molecule has 1 fully saturated rings. The fourth-order valence-electron chi connectivity index (χ4n) is 1.65. The molecule has 3 N–H and O–H groups in total. The largest absolute Gasteiger partial charge is 0.328 e. The Kier molecular flexibility index (Phi) is 3.74. The fourth-order valence-corrected chi connectivity index (χ4v) is 1.65. The first kappa shape index (κ1) is 11.0. The maximum atomic E-state index is 6.03. The van der Waals surface area contributed by atoms with E-state index in [9.17, 15) is 0 Å². The van der Waals surface area contributed by atoms with Crippen molar-refractivity contribution in [1.29, 1.82) is 0 Å². The van der Waals surface area contributed by atoms with Crippen molar-refractivity contribution in [3.8, 4) is 0 Å². The van der Waals surface area contributed by atoms with E-state index in [1.54, 1.807) is 0 Å². The lowest BCUT2D eigenvalue weighted by Gasteiger charge is -2.23. The Hall–Kier alpha value is -0.0800. The zero-order chi connectivity index (χ0) is 9.90. The number of hydrogen-bond acceptors (Lipinski definition) is 2. The minimum atomic E-state index is 0.367. The molecule has 0 spiro atoms. The Labute approximate surface area is 82.3 Å². The summed E-state index contributed by atoms with van der Waals surface area (Å²) in [5.74, 6) is 0. The normalized spacial score (nSPS) is 20.3. The lowest BCUT2D eigenvalue weighted by atomic mass is 9.87. The first-order chi connectivity index (χ1) is 5.97. The second kappa shape index (κ2) is 4.43. The van der Waals surface area contributed by atoms with Crippen LogP contribution in [0.25, 0.3) is 0 Å². The van der Waals surface area contributed by atoms with Crippen LogP contribution in [0.3, 0.4) is 0 Å². The van der Waals surface area contributed by atoms with E-state index in [4.69, 9.17) is 5.73 Å². The van der Waals surface area contributed by atoms with E-state index in [1.807, 2.05) is 0 Å². The summed E-state index contributed by atoms with van der Waals surface area (Å²) in [6.45, 7) is 7.85. The van der Waals surface area contributed by atoms with Gasteiger partial charge < -0.3 is 11.1 Å². The fraction of sp³-hybridized carbons (Fsp3) is 1.00. The predicted molar refractivity (Wildman–Crippen MR) is 57.7 cm³/mol. The highest BCUT2D eigenvalue weighted by atomic mass is 14.9. The number of nitrogens with two attached hydrogens (primary N) is 1. The van der Waals surface area contributed by atoms with Crippen LogP contribution >= 0.6 is 0 Å². The zero-order valence-corrected chi connectivity index (χ0v) is 9.27. The van der Waals surface area contributed by atoms with Crippen molar-refractivity contribution in [2.75, 3.05) is 6.54 Å². The van der Waals surface area contributed by atoms with Gasteiger partial charge in [0, 0.05) is 12.1 Å². The second-order valence-corrected chi connectivity index (χ2v) is 5.54. The van der Waals surface area contributed by atoms with Gasteiger partial charge in [-0.05, 0) is 37.6 Å². The van der Waals surface area contributed by atoms with Crippen LogP contribution in [0.4, 0.5) is 0 Å². The zero-order valence-electron chi connectivity index (χ0n) is 9.27. The minimum absolute atomic E-state index is 0.367. The number of nitrogens with one attached hydrogen (secondary N) is 1. The minimum Gasteiger partial charge on any atom is -0.328 e. The van der Waals surface area contributed by atoms with Crippen molar-refractivity contribution in [2.24, 2.45) is 11.1 Å². The van der Waals surface area contributed by atoms with Crippen LogP contribution in [0.1, 0.15) is 46.5 Å². The lowest BCUT2D eigenvalue weighted by molar-refractivity contribution is 0.329. The Morgan fingerprint density at radius 2 is 2.00 bits per heavy atom.